The van der Waals surface area contributed by atoms with Crippen LogP contribution in [0.1, 0.15) is 91.8 Å². The number of halogens is 2. The summed E-state index contributed by atoms with van der Waals surface area (Å²) in [5, 5.41) is 4.00. The Balaban J connectivity index is 0.000000184. The third kappa shape index (κ3) is 11.0. The lowest BCUT2D eigenvalue weighted by molar-refractivity contribution is -0.135. The molecule has 2 saturated heterocycles. The fraction of sp³-hybridized carbons (Fsp3) is 0.471. The molecule has 2 amide bonds. The van der Waals surface area contributed by atoms with E-state index in [1.807, 2.05) is 22.8 Å². The number of carbonyl (C=O) groups excluding carboxylic acids is 3. The van der Waals surface area contributed by atoms with Gasteiger partial charge in [0.1, 0.15) is 28.8 Å². The van der Waals surface area contributed by atoms with Crippen molar-refractivity contribution in [2.75, 3.05) is 83.6 Å². The van der Waals surface area contributed by atoms with Crippen molar-refractivity contribution in [1.29, 1.82) is 0 Å². The van der Waals surface area contributed by atoms with Crippen molar-refractivity contribution in [3.8, 4) is 33.7 Å². The highest BCUT2D eigenvalue weighted by Crippen LogP contribution is 2.47. The Morgan fingerprint density at radius 3 is 1.54 bits per heavy atom. The monoisotopic (exact) mass is 934 g/mol. The van der Waals surface area contributed by atoms with Crippen LogP contribution in [0.3, 0.4) is 0 Å². The predicted molar refractivity (Wildman–Crippen MR) is 252 cm³/mol. The summed E-state index contributed by atoms with van der Waals surface area (Å²) < 4.78 is 47.9. The van der Waals surface area contributed by atoms with Gasteiger partial charge in [0, 0.05) is 88.5 Å². The number of carbonyl (C=O) groups is 3. The van der Waals surface area contributed by atoms with E-state index in [0.717, 1.165) is 70.7 Å². The molecule has 0 N–H and O–H groups in total. The number of aryl methyl sites for hydroxylation is 1. The Bertz CT molecular complexity index is 2580. The van der Waals surface area contributed by atoms with E-state index in [0.29, 0.717) is 100 Å². The highest BCUT2D eigenvalue weighted by molar-refractivity contribution is 5.97. The molecule has 0 unspecified atom stereocenters. The van der Waals surface area contributed by atoms with E-state index in [9.17, 15) is 23.2 Å². The van der Waals surface area contributed by atoms with Crippen LogP contribution in [0.15, 0.2) is 65.2 Å². The second-order valence-corrected chi connectivity index (χ2v) is 18.0. The summed E-state index contributed by atoms with van der Waals surface area (Å²) in [4.78, 5) is 60.6. The van der Waals surface area contributed by atoms with Gasteiger partial charge in [-0.25, -0.2) is 23.5 Å². The molecule has 2 saturated carbocycles. The molecular weight excluding hydrogens is 875 g/mol. The summed E-state index contributed by atoms with van der Waals surface area (Å²) in [6, 6.07) is 16.6. The Kier molecular flexibility index (Phi) is 15.1. The molecule has 360 valence electrons. The quantitative estimate of drug-likeness (QED) is 0.0995. The van der Waals surface area contributed by atoms with E-state index in [-0.39, 0.29) is 35.5 Å². The standard InChI is InChI=1S/C26H30FN5O3.C25H30FN3O4/c1-16-15-31(11-12-32(16)23(33)10-13-34-3)25-22(26-28-17(2)30-35-26)14-21(24(29-25)19-4-5-19)18-6-8-20(27)9-7-18;1-16-15-28(11-12-29(16)22(30)10-13-32-2)24-21(25(31)33-3)14-20(23(27-24)18-4-5-18)17-6-8-19(26)9-7-17/h6-9,14,16,19H,4-5,10-13,15H2,1-3H3;6-9,14,16,18H,4-5,10-13,15H2,1-3H3/t2*16-/m11/s1. The molecule has 2 atom stereocenters. The summed E-state index contributed by atoms with van der Waals surface area (Å²) in [7, 11) is 4.55. The van der Waals surface area contributed by atoms with Gasteiger partial charge < -0.3 is 38.3 Å². The molecule has 0 radical (unpaired) electrons. The van der Waals surface area contributed by atoms with Gasteiger partial charge in [-0.05, 0) is 94.0 Å². The average Bonchev–Trinajstić information content (AvgIpc) is 4.30. The number of benzene rings is 2. The Morgan fingerprint density at radius 2 is 1.12 bits per heavy atom. The van der Waals surface area contributed by atoms with Crippen molar-refractivity contribution in [3.05, 3.63) is 95.1 Å². The predicted octanol–water partition coefficient (Wildman–Crippen LogP) is 7.82. The van der Waals surface area contributed by atoms with Crippen LogP contribution >= 0.6 is 0 Å². The lowest BCUT2D eigenvalue weighted by Gasteiger charge is -2.41. The molecule has 3 aromatic heterocycles. The van der Waals surface area contributed by atoms with E-state index in [4.69, 9.17) is 28.7 Å². The summed E-state index contributed by atoms with van der Waals surface area (Å²) in [6.45, 7) is 10.2. The van der Waals surface area contributed by atoms with Crippen molar-refractivity contribution in [3.63, 3.8) is 0 Å². The van der Waals surface area contributed by atoms with Crippen LogP contribution < -0.4 is 9.80 Å². The molecule has 4 aliphatic rings. The number of hydrogen-bond donors (Lipinski definition) is 0. The lowest BCUT2D eigenvalue weighted by Crippen LogP contribution is -2.54. The number of hydrogen-bond acceptors (Lipinski definition) is 13. The second-order valence-electron chi connectivity index (χ2n) is 18.0. The number of ether oxygens (including phenoxy) is 3. The van der Waals surface area contributed by atoms with E-state index in [1.165, 1.54) is 31.4 Å². The minimum absolute atomic E-state index is 0.0216. The van der Waals surface area contributed by atoms with Crippen LogP contribution in [-0.4, -0.2) is 134 Å². The van der Waals surface area contributed by atoms with Crippen LogP contribution in [0.25, 0.3) is 33.7 Å². The Hall–Kier alpha value is -6.33. The molecule has 17 heteroatoms. The summed E-state index contributed by atoms with van der Waals surface area (Å²) >= 11 is 0. The summed E-state index contributed by atoms with van der Waals surface area (Å²) in [5.41, 5.74) is 6.60. The van der Waals surface area contributed by atoms with Crippen LogP contribution in [0.2, 0.25) is 0 Å². The first-order valence-corrected chi connectivity index (χ1v) is 23.4. The van der Waals surface area contributed by atoms with Crippen molar-refractivity contribution >= 4 is 29.4 Å². The SMILES string of the molecule is COCCC(=O)N1CCN(c2nc(C3CC3)c(-c3ccc(F)cc3)cc2-c2nc(C)no2)C[C@H]1C.COCCC(=O)N1CCN(c2nc(C3CC3)c(-c3ccc(F)cc3)cc2C(=O)OC)C[C@H]1C. The van der Waals surface area contributed by atoms with Gasteiger partial charge in [0.15, 0.2) is 5.82 Å². The van der Waals surface area contributed by atoms with E-state index in [2.05, 4.69) is 32.9 Å². The largest absolute Gasteiger partial charge is 0.465 e. The number of amides is 2. The molecular formula is C51H60F2N8O7. The van der Waals surface area contributed by atoms with Gasteiger partial charge >= 0.3 is 5.97 Å². The third-order valence-corrected chi connectivity index (χ3v) is 13.0. The highest BCUT2D eigenvalue weighted by Gasteiger charge is 2.36. The van der Waals surface area contributed by atoms with E-state index < -0.39 is 5.97 Å². The minimum Gasteiger partial charge on any atom is -0.465 e. The van der Waals surface area contributed by atoms with E-state index in [1.54, 1.807) is 45.4 Å². The fourth-order valence-corrected chi connectivity index (χ4v) is 9.11. The number of esters is 1. The molecule has 5 aromatic rings. The zero-order valence-corrected chi connectivity index (χ0v) is 39.7. The first kappa shape index (κ1) is 48.1. The minimum atomic E-state index is -0.463. The number of methoxy groups -OCH3 is 3. The van der Waals surface area contributed by atoms with Gasteiger partial charge in [0.2, 0.25) is 11.8 Å². The average molecular weight is 935 g/mol. The van der Waals surface area contributed by atoms with Gasteiger partial charge in [-0.2, -0.15) is 4.98 Å². The van der Waals surface area contributed by atoms with Gasteiger partial charge in [-0.1, -0.05) is 29.4 Å². The zero-order valence-electron chi connectivity index (χ0n) is 39.7. The van der Waals surface area contributed by atoms with E-state index >= 15 is 0 Å². The van der Waals surface area contributed by atoms with Crippen molar-refractivity contribution < 1.29 is 41.9 Å². The third-order valence-electron chi connectivity index (χ3n) is 13.0. The fourth-order valence-electron chi connectivity index (χ4n) is 9.11. The normalized spacial score (nSPS) is 18.3. The maximum Gasteiger partial charge on any atom is 0.341 e. The molecule has 4 fully saturated rings. The number of anilines is 2. The molecule has 5 heterocycles. The van der Waals surface area contributed by atoms with Gasteiger partial charge in [-0.3, -0.25) is 9.59 Å². The maximum atomic E-state index is 13.6. The maximum absolute atomic E-state index is 13.6. The topological polar surface area (TPSA) is 157 Å². The Labute approximate surface area is 395 Å². The molecule has 15 nitrogen and oxygen atoms in total. The van der Waals surface area contributed by atoms with Crippen LogP contribution in [0, 0.1) is 18.6 Å². The molecule has 9 rings (SSSR count). The smallest absolute Gasteiger partial charge is 0.341 e. The second kappa shape index (κ2) is 21.3. The van der Waals surface area contributed by atoms with Crippen molar-refractivity contribution in [1.82, 2.24) is 29.9 Å². The molecule has 0 spiro atoms. The van der Waals surface area contributed by atoms with Crippen molar-refractivity contribution in [2.24, 2.45) is 0 Å². The van der Waals surface area contributed by atoms with Gasteiger partial charge in [0.05, 0.1) is 50.1 Å². The number of rotatable bonds is 14. The summed E-state index contributed by atoms with van der Waals surface area (Å²) in [5.74, 6) is 2.15. The number of pyridine rings is 2. The first-order valence-electron chi connectivity index (χ1n) is 23.4. The number of aromatic nitrogens is 4. The molecule has 68 heavy (non-hydrogen) atoms. The Morgan fingerprint density at radius 1 is 0.647 bits per heavy atom. The van der Waals surface area contributed by atoms with Crippen molar-refractivity contribution in [2.45, 2.75) is 83.2 Å². The highest BCUT2D eigenvalue weighted by atomic mass is 19.1. The lowest BCUT2D eigenvalue weighted by atomic mass is 9.98. The van der Waals surface area contributed by atoms with Crippen LogP contribution in [0.5, 0.6) is 0 Å². The van der Waals surface area contributed by atoms with Gasteiger partial charge in [0.25, 0.3) is 5.89 Å². The molecule has 2 aliphatic carbocycles. The summed E-state index contributed by atoms with van der Waals surface area (Å²) in [6.07, 6.45) is 4.97. The van der Waals surface area contributed by atoms with Crippen LogP contribution in [0.4, 0.5) is 20.4 Å². The number of nitrogens with zero attached hydrogens (tertiary/aromatic N) is 8. The van der Waals surface area contributed by atoms with Gasteiger partial charge in [-0.15, -0.1) is 0 Å². The number of piperazine rings is 2. The first-order chi connectivity index (χ1) is 32.9. The molecule has 0 bridgehead atoms. The zero-order chi connectivity index (χ0) is 48.1. The van der Waals surface area contributed by atoms with Crippen LogP contribution in [-0.2, 0) is 23.8 Å². The molecule has 2 aliphatic heterocycles. The molecule has 2 aromatic carbocycles.